The zero-order valence-electron chi connectivity index (χ0n) is 15.9. The van der Waals surface area contributed by atoms with Crippen molar-refractivity contribution in [2.45, 2.75) is 0 Å². The third-order valence-electron chi connectivity index (χ3n) is 4.70. The Morgan fingerprint density at radius 2 is 1.61 bits per heavy atom. The van der Waals surface area contributed by atoms with E-state index in [1.54, 1.807) is 42.5 Å². The van der Waals surface area contributed by atoms with Crippen LogP contribution in [-0.4, -0.2) is 10.9 Å². The normalized spacial score (nSPS) is 11.0. The molecule has 0 radical (unpaired) electrons. The summed E-state index contributed by atoms with van der Waals surface area (Å²) < 4.78 is 12.5. The molecule has 0 aliphatic carbocycles. The molecule has 0 atom stereocenters. The fourth-order valence-corrected chi connectivity index (χ4v) is 3.53. The minimum atomic E-state index is -0.343. The van der Waals surface area contributed by atoms with Crippen LogP contribution in [0.25, 0.3) is 33.9 Å². The highest BCUT2D eigenvalue weighted by atomic mass is 79.9. The molecule has 0 aliphatic heterocycles. The molecule has 0 bridgehead atoms. The molecule has 5 aromatic rings. The molecule has 152 valence electrons. The Morgan fingerprint density at radius 1 is 0.871 bits per heavy atom. The molecule has 5 rings (SSSR count). The summed E-state index contributed by atoms with van der Waals surface area (Å²) in [6, 6.07) is 23.6. The number of carbonyl (C=O) groups excluding carboxylic acids is 1. The summed E-state index contributed by atoms with van der Waals surface area (Å²) in [6.45, 7) is 0. The van der Waals surface area contributed by atoms with Crippen molar-refractivity contribution in [1.29, 1.82) is 0 Å². The molecule has 7 heteroatoms. The van der Waals surface area contributed by atoms with E-state index in [9.17, 15) is 4.79 Å². The van der Waals surface area contributed by atoms with Gasteiger partial charge >= 0.3 is 0 Å². The largest absolute Gasteiger partial charge is 0.451 e. The third-order valence-corrected chi connectivity index (χ3v) is 5.48. The van der Waals surface area contributed by atoms with Crippen molar-refractivity contribution < 1.29 is 13.6 Å². The molecule has 3 aromatic carbocycles. The number of nitrogens with zero attached hydrogens (tertiary/aromatic N) is 1. The molecular weight excluding hydrogens is 480 g/mol. The Kier molecular flexibility index (Phi) is 5.10. The van der Waals surface area contributed by atoms with Gasteiger partial charge in [-0.25, -0.2) is 4.98 Å². The van der Waals surface area contributed by atoms with Crippen LogP contribution in [0.15, 0.2) is 92.2 Å². The summed E-state index contributed by atoms with van der Waals surface area (Å²) in [5.74, 6) is 0.988. The molecule has 31 heavy (non-hydrogen) atoms. The molecular formula is C24H14BrClN2O3. The van der Waals surface area contributed by atoms with Crippen molar-refractivity contribution in [3.8, 4) is 22.8 Å². The van der Waals surface area contributed by atoms with Gasteiger partial charge in [0.05, 0.1) is 0 Å². The lowest BCUT2D eigenvalue weighted by molar-refractivity contribution is 0.0997. The van der Waals surface area contributed by atoms with Gasteiger partial charge in [-0.05, 0) is 66.7 Å². The number of aromatic nitrogens is 1. The molecule has 0 unspecified atom stereocenters. The zero-order chi connectivity index (χ0) is 21.4. The lowest BCUT2D eigenvalue weighted by Crippen LogP contribution is -2.10. The summed E-state index contributed by atoms with van der Waals surface area (Å²) in [5, 5.41) is 3.49. The van der Waals surface area contributed by atoms with E-state index in [4.69, 9.17) is 20.4 Å². The number of furan rings is 1. The molecule has 1 amide bonds. The second kappa shape index (κ2) is 8.06. The number of anilines is 1. The Labute approximate surface area is 190 Å². The minimum Gasteiger partial charge on any atom is -0.451 e. The van der Waals surface area contributed by atoms with Crippen LogP contribution in [0.3, 0.4) is 0 Å². The van der Waals surface area contributed by atoms with E-state index in [1.807, 2.05) is 36.4 Å². The average molecular weight is 494 g/mol. The van der Waals surface area contributed by atoms with Gasteiger partial charge in [-0.3, -0.25) is 4.79 Å². The van der Waals surface area contributed by atoms with Gasteiger partial charge < -0.3 is 14.2 Å². The fourth-order valence-electron chi connectivity index (χ4n) is 3.14. The number of rotatable bonds is 4. The smallest absolute Gasteiger partial charge is 0.291 e. The van der Waals surface area contributed by atoms with Crippen LogP contribution in [-0.2, 0) is 0 Å². The highest BCUT2D eigenvalue weighted by molar-refractivity contribution is 9.10. The third kappa shape index (κ3) is 4.13. The highest BCUT2D eigenvalue weighted by Crippen LogP contribution is 2.28. The minimum absolute atomic E-state index is 0.222. The summed E-state index contributed by atoms with van der Waals surface area (Å²) in [6.07, 6.45) is 0. The van der Waals surface area contributed by atoms with Crippen LogP contribution in [0.1, 0.15) is 10.6 Å². The van der Waals surface area contributed by atoms with Gasteiger partial charge in [-0.1, -0.05) is 39.7 Å². The van der Waals surface area contributed by atoms with E-state index in [1.165, 1.54) is 0 Å². The molecule has 0 spiro atoms. The first-order chi connectivity index (χ1) is 15.0. The van der Waals surface area contributed by atoms with Gasteiger partial charge in [0.1, 0.15) is 11.3 Å². The van der Waals surface area contributed by atoms with Crippen molar-refractivity contribution in [3.63, 3.8) is 0 Å². The van der Waals surface area contributed by atoms with Gasteiger partial charge in [0, 0.05) is 26.3 Å². The molecule has 2 heterocycles. The molecule has 5 nitrogen and oxygen atoms in total. The van der Waals surface area contributed by atoms with Crippen molar-refractivity contribution in [1.82, 2.24) is 4.98 Å². The Bertz CT molecular complexity index is 1390. The van der Waals surface area contributed by atoms with Crippen LogP contribution in [0, 0.1) is 0 Å². The molecule has 0 fully saturated rings. The summed E-state index contributed by atoms with van der Waals surface area (Å²) in [4.78, 5) is 17.2. The lowest BCUT2D eigenvalue weighted by Gasteiger charge is -2.03. The van der Waals surface area contributed by atoms with Crippen LogP contribution in [0.2, 0.25) is 5.02 Å². The van der Waals surface area contributed by atoms with Gasteiger partial charge in [-0.15, -0.1) is 0 Å². The highest BCUT2D eigenvalue weighted by Gasteiger charge is 2.14. The topological polar surface area (TPSA) is 68.3 Å². The SMILES string of the molecule is O=C(Nc1ccc2oc(-c3ccc(Cl)cc3)nc2c1)c1ccc(-c2ccc(Br)cc2)o1. The summed E-state index contributed by atoms with van der Waals surface area (Å²) >= 11 is 9.35. The van der Waals surface area contributed by atoms with E-state index in [0.717, 1.165) is 15.6 Å². The van der Waals surface area contributed by atoms with Crippen LogP contribution >= 0.6 is 27.5 Å². The lowest BCUT2D eigenvalue weighted by atomic mass is 10.2. The molecule has 1 N–H and O–H groups in total. The monoisotopic (exact) mass is 492 g/mol. The van der Waals surface area contributed by atoms with Crippen LogP contribution in [0.4, 0.5) is 5.69 Å². The maximum absolute atomic E-state index is 12.6. The quantitative estimate of drug-likeness (QED) is 0.283. The summed E-state index contributed by atoms with van der Waals surface area (Å²) in [5.41, 5.74) is 3.56. The second-order valence-electron chi connectivity index (χ2n) is 6.83. The number of amides is 1. The average Bonchev–Trinajstić information content (AvgIpc) is 3.42. The van der Waals surface area contributed by atoms with Crippen molar-refractivity contribution >= 4 is 50.2 Å². The Balaban J connectivity index is 1.36. The maximum atomic E-state index is 12.6. The summed E-state index contributed by atoms with van der Waals surface area (Å²) in [7, 11) is 0. The van der Waals surface area contributed by atoms with Crippen molar-refractivity contribution in [3.05, 3.63) is 94.1 Å². The number of fused-ring (bicyclic) bond motifs is 1. The number of nitrogens with one attached hydrogen (secondary N) is 1. The second-order valence-corrected chi connectivity index (χ2v) is 8.19. The predicted octanol–water partition coefficient (Wildman–Crippen LogP) is 7.42. The maximum Gasteiger partial charge on any atom is 0.291 e. The van der Waals surface area contributed by atoms with Gasteiger partial charge in [0.25, 0.3) is 5.91 Å². The molecule has 2 aromatic heterocycles. The predicted molar refractivity (Wildman–Crippen MR) is 124 cm³/mol. The van der Waals surface area contributed by atoms with E-state index in [0.29, 0.717) is 33.5 Å². The number of benzene rings is 3. The number of halogens is 2. The number of hydrogen-bond acceptors (Lipinski definition) is 4. The Morgan fingerprint density at radius 3 is 2.39 bits per heavy atom. The van der Waals surface area contributed by atoms with E-state index in [2.05, 4.69) is 26.2 Å². The first kappa shape index (κ1) is 19.6. The van der Waals surface area contributed by atoms with Crippen molar-refractivity contribution in [2.75, 3.05) is 5.32 Å². The zero-order valence-corrected chi connectivity index (χ0v) is 18.3. The van der Waals surface area contributed by atoms with Crippen molar-refractivity contribution in [2.24, 2.45) is 0 Å². The van der Waals surface area contributed by atoms with E-state index >= 15 is 0 Å². The standard InChI is InChI=1S/C24H14BrClN2O3/c25-16-5-1-14(2-6-16)20-11-12-22(30-20)23(29)27-18-9-10-21-19(13-18)28-24(31-21)15-3-7-17(26)8-4-15/h1-13H,(H,27,29). The van der Waals surface area contributed by atoms with Crippen LogP contribution in [0.5, 0.6) is 0 Å². The molecule has 0 saturated carbocycles. The van der Waals surface area contributed by atoms with Gasteiger partial charge in [0.15, 0.2) is 11.3 Å². The Hall–Kier alpha value is -3.35. The van der Waals surface area contributed by atoms with Gasteiger partial charge in [0.2, 0.25) is 5.89 Å². The van der Waals surface area contributed by atoms with E-state index < -0.39 is 0 Å². The first-order valence-electron chi connectivity index (χ1n) is 9.39. The number of hydrogen-bond donors (Lipinski definition) is 1. The first-order valence-corrected chi connectivity index (χ1v) is 10.6. The van der Waals surface area contributed by atoms with Crippen LogP contribution < -0.4 is 5.32 Å². The molecule has 0 saturated heterocycles. The fraction of sp³-hybridized carbons (Fsp3) is 0. The number of carbonyl (C=O) groups is 1. The number of oxazole rings is 1. The molecule has 0 aliphatic rings. The van der Waals surface area contributed by atoms with E-state index in [-0.39, 0.29) is 11.7 Å². The van der Waals surface area contributed by atoms with Gasteiger partial charge in [-0.2, -0.15) is 0 Å².